The Bertz CT molecular complexity index is 604. The summed E-state index contributed by atoms with van der Waals surface area (Å²) in [5.74, 6) is -1.17. The van der Waals surface area contributed by atoms with E-state index in [0.29, 0.717) is 12.8 Å². The minimum absolute atomic E-state index is 0.275. The first-order chi connectivity index (χ1) is 11.9. The molecule has 25 heavy (non-hydrogen) atoms. The van der Waals surface area contributed by atoms with E-state index < -0.39 is 39.1 Å². The molecule has 0 aliphatic carbocycles. The maximum Gasteiger partial charge on any atom is 0.323 e. The first kappa shape index (κ1) is 19.6. The second kappa shape index (κ2) is 8.61. The molecule has 10 heteroatoms. The van der Waals surface area contributed by atoms with E-state index in [4.69, 9.17) is 9.47 Å². The van der Waals surface area contributed by atoms with Crippen LogP contribution in [0.2, 0.25) is 0 Å². The van der Waals surface area contributed by atoms with Crippen molar-refractivity contribution in [3.8, 4) is 0 Å². The SMILES string of the molecule is COC(=O)C(CCC1=NN=C[SH]1C)(CCC1=NN=C[SH]1C)C(=O)OC. The highest BCUT2D eigenvalue weighted by Crippen LogP contribution is 2.39. The summed E-state index contributed by atoms with van der Waals surface area (Å²) in [6.07, 6.45) is 5.62. The zero-order valence-electron chi connectivity index (χ0n) is 14.8. The Balaban J connectivity index is 2.18. The van der Waals surface area contributed by atoms with E-state index in [9.17, 15) is 9.59 Å². The normalized spacial score (nSPS) is 24.8. The van der Waals surface area contributed by atoms with E-state index in [2.05, 4.69) is 20.4 Å². The molecule has 0 aromatic heterocycles. The number of rotatable bonds is 8. The van der Waals surface area contributed by atoms with Gasteiger partial charge in [0.2, 0.25) is 0 Å². The van der Waals surface area contributed by atoms with Crippen LogP contribution >= 0.6 is 21.8 Å². The molecule has 0 aromatic rings. The first-order valence-electron chi connectivity index (χ1n) is 7.77. The number of carbonyl (C=O) groups is 2. The molecule has 0 amide bonds. The van der Waals surface area contributed by atoms with Gasteiger partial charge in [0, 0.05) is 0 Å². The third kappa shape index (κ3) is 4.30. The van der Waals surface area contributed by atoms with Gasteiger partial charge in [-0.15, -0.1) is 10.2 Å². The van der Waals surface area contributed by atoms with Crippen molar-refractivity contribution in [2.24, 2.45) is 25.8 Å². The van der Waals surface area contributed by atoms with Crippen LogP contribution in [0.3, 0.4) is 0 Å². The topological polar surface area (TPSA) is 102 Å². The van der Waals surface area contributed by atoms with E-state index in [0.717, 1.165) is 10.1 Å². The largest absolute Gasteiger partial charge is 0.468 e. The first-order valence-corrected chi connectivity index (χ1v) is 11.5. The molecule has 2 aliphatic heterocycles. The van der Waals surface area contributed by atoms with Crippen LogP contribution in [-0.2, 0) is 19.1 Å². The van der Waals surface area contributed by atoms with E-state index in [1.807, 2.05) is 12.5 Å². The lowest BCUT2D eigenvalue weighted by atomic mass is 9.79. The number of ether oxygens (including phenoxy) is 2. The van der Waals surface area contributed by atoms with Crippen molar-refractivity contribution in [2.45, 2.75) is 25.7 Å². The Kier molecular flexibility index (Phi) is 6.77. The Hall–Kier alpha value is -1.68. The summed E-state index contributed by atoms with van der Waals surface area (Å²) in [5.41, 5.74) is 2.24. The molecule has 2 atom stereocenters. The molecule has 0 N–H and O–H groups in total. The highest BCUT2D eigenvalue weighted by molar-refractivity contribution is 8.40. The zero-order valence-corrected chi connectivity index (χ0v) is 16.6. The lowest BCUT2D eigenvalue weighted by Gasteiger charge is -2.29. The van der Waals surface area contributed by atoms with Gasteiger partial charge in [-0.2, -0.15) is 32.0 Å². The molecule has 0 fully saturated rings. The third-order valence-electron chi connectivity index (χ3n) is 4.31. The second-order valence-corrected chi connectivity index (χ2v) is 9.72. The van der Waals surface area contributed by atoms with Gasteiger partial charge in [0.1, 0.15) is 0 Å². The average molecular weight is 389 g/mol. The van der Waals surface area contributed by atoms with Crippen molar-refractivity contribution in [1.29, 1.82) is 0 Å². The predicted octanol–water partition coefficient (Wildman–Crippen LogP) is 1.85. The molecule has 2 aliphatic rings. The van der Waals surface area contributed by atoms with Gasteiger partial charge in [-0.25, -0.2) is 0 Å². The minimum atomic E-state index is -1.37. The summed E-state index contributed by atoms with van der Waals surface area (Å²) in [6.45, 7) is 0. The van der Waals surface area contributed by atoms with Crippen LogP contribution in [0.1, 0.15) is 25.7 Å². The lowest BCUT2D eigenvalue weighted by Crippen LogP contribution is -2.42. The number of methoxy groups -OCH3 is 2. The Morgan fingerprint density at radius 3 is 1.60 bits per heavy atom. The van der Waals surface area contributed by atoms with E-state index in [1.54, 1.807) is 11.1 Å². The summed E-state index contributed by atoms with van der Waals surface area (Å²) in [5, 5.41) is 17.9. The van der Waals surface area contributed by atoms with Gasteiger partial charge in [0.15, 0.2) is 5.41 Å². The van der Waals surface area contributed by atoms with Crippen LogP contribution in [0.15, 0.2) is 20.4 Å². The fraction of sp³-hybridized carbons (Fsp3) is 0.600. The quantitative estimate of drug-likeness (QED) is 0.376. The zero-order chi connectivity index (χ0) is 18.4. The maximum atomic E-state index is 12.6. The fourth-order valence-electron chi connectivity index (χ4n) is 2.72. The molecular weight excluding hydrogens is 364 g/mol. The lowest BCUT2D eigenvalue weighted by molar-refractivity contribution is -0.170. The fourth-order valence-corrected chi connectivity index (χ4v) is 4.72. The van der Waals surface area contributed by atoms with Crippen molar-refractivity contribution in [3.05, 3.63) is 0 Å². The number of carbonyl (C=O) groups excluding carboxylic acids is 2. The van der Waals surface area contributed by atoms with Gasteiger partial charge in [0.25, 0.3) is 0 Å². The summed E-state index contributed by atoms with van der Waals surface area (Å²) in [7, 11) is 1.49. The number of hydrogen-bond donors (Lipinski definition) is 2. The summed E-state index contributed by atoms with van der Waals surface area (Å²) < 4.78 is 9.90. The van der Waals surface area contributed by atoms with Crippen molar-refractivity contribution < 1.29 is 19.1 Å². The second-order valence-electron chi connectivity index (χ2n) is 5.78. The van der Waals surface area contributed by atoms with Gasteiger partial charge in [0.05, 0.1) is 35.4 Å². The Morgan fingerprint density at radius 2 is 1.32 bits per heavy atom. The van der Waals surface area contributed by atoms with Crippen molar-refractivity contribution >= 4 is 54.9 Å². The molecule has 0 spiro atoms. The van der Waals surface area contributed by atoms with Crippen molar-refractivity contribution in [1.82, 2.24) is 0 Å². The maximum absolute atomic E-state index is 12.6. The van der Waals surface area contributed by atoms with Crippen molar-refractivity contribution in [3.63, 3.8) is 0 Å². The van der Waals surface area contributed by atoms with Crippen LogP contribution in [-0.4, -0.2) is 59.9 Å². The molecule has 0 bridgehead atoms. The summed E-state index contributed by atoms with van der Waals surface area (Å²) in [6, 6.07) is 0. The van der Waals surface area contributed by atoms with Gasteiger partial charge in [-0.1, -0.05) is 0 Å². The molecule has 140 valence electrons. The highest BCUT2D eigenvalue weighted by Gasteiger charge is 2.48. The summed E-state index contributed by atoms with van der Waals surface area (Å²) in [4.78, 5) is 25.1. The van der Waals surface area contributed by atoms with Crippen LogP contribution < -0.4 is 0 Å². The van der Waals surface area contributed by atoms with E-state index >= 15 is 0 Å². The molecule has 0 saturated heterocycles. The molecule has 2 unspecified atom stereocenters. The Labute approximate surface area is 152 Å². The molecule has 2 rings (SSSR count). The minimum Gasteiger partial charge on any atom is -0.468 e. The van der Waals surface area contributed by atoms with Gasteiger partial charge >= 0.3 is 11.9 Å². The predicted molar refractivity (Wildman–Crippen MR) is 107 cm³/mol. The van der Waals surface area contributed by atoms with Gasteiger partial charge in [-0.05, 0) is 38.2 Å². The van der Waals surface area contributed by atoms with E-state index in [1.165, 1.54) is 14.2 Å². The van der Waals surface area contributed by atoms with Crippen LogP contribution in [0.25, 0.3) is 0 Å². The average Bonchev–Trinajstić information content (AvgIpc) is 3.22. The highest BCUT2D eigenvalue weighted by atomic mass is 32.2. The molecule has 2 heterocycles. The van der Waals surface area contributed by atoms with Crippen molar-refractivity contribution in [2.75, 3.05) is 26.7 Å². The number of hydrogen-bond acceptors (Lipinski definition) is 8. The summed E-state index contributed by atoms with van der Waals surface area (Å²) >= 11 is 0. The molecule has 0 aromatic carbocycles. The molecule has 8 nitrogen and oxygen atoms in total. The molecular formula is C15H24N4O4S2. The van der Waals surface area contributed by atoms with Crippen LogP contribution in [0.4, 0.5) is 0 Å². The Morgan fingerprint density at radius 1 is 0.920 bits per heavy atom. The number of thiol groups is 2. The van der Waals surface area contributed by atoms with Crippen LogP contribution in [0, 0.1) is 5.41 Å². The standard InChI is InChI=1S/C15H24N4O4S2/c1-22-13(20)15(14(21)23-2,7-5-11-18-16-9-24(11)3)8-6-12-19-17-10-25(12)4/h9-10,24-25H,5-8H2,1-4H3. The van der Waals surface area contributed by atoms with Crippen LogP contribution in [0.5, 0.6) is 0 Å². The number of nitrogens with zero attached hydrogens (tertiary/aromatic N) is 4. The van der Waals surface area contributed by atoms with E-state index in [-0.39, 0.29) is 12.8 Å². The molecule has 0 saturated carbocycles. The van der Waals surface area contributed by atoms with Gasteiger partial charge in [-0.3, -0.25) is 9.59 Å². The third-order valence-corrected chi connectivity index (χ3v) is 7.47. The van der Waals surface area contributed by atoms with Gasteiger partial charge < -0.3 is 9.47 Å². The number of esters is 2. The smallest absolute Gasteiger partial charge is 0.323 e. The monoisotopic (exact) mass is 388 g/mol. The molecule has 0 radical (unpaired) electrons.